The van der Waals surface area contributed by atoms with Crippen molar-refractivity contribution < 1.29 is 9.59 Å². The molecular formula is C6H9ClN2O2. The number of hydrogen-bond acceptors (Lipinski definition) is 2. The molecule has 0 aliphatic heterocycles. The molecule has 0 rings (SSSR count). The van der Waals surface area contributed by atoms with Crippen LogP contribution in [0.25, 0.3) is 0 Å². The quantitative estimate of drug-likeness (QED) is 0.379. The monoisotopic (exact) mass is 176 g/mol. The van der Waals surface area contributed by atoms with Gasteiger partial charge in [-0.2, -0.15) is 0 Å². The summed E-state index contributed by atoms with van der Waals surface area (Å²) in [5.41, 5.74) is 0. The van der Waals surface area contributed by atoms with Crippen molar-refractivity contribution in [3.63, 3.8) is 0 Å². The Morgan fingerprint density at radius 3 is 2.55 bits per heavy atom. The summed E-state index contributed by atoms with van der Waals surface area (Å²) in [6, 6.07) is -0.367. The summed E-state index contributed by atoms with van der Waals surface area (Å²) >= 11 is 5.50. The van der Waals surface area contributed by atoms with Crippen LogP contribution in [0.15, 0.2) is 11.2 Å². The van der Waals surface area contributed by atoms with Gasteiger partial charge in [0.05, 0.1) is 0 Å². The third kappa shape index (κ3) is 3.04. The summed E-state index contributed by atoms with van der Waals surface area (Å²) in [6.07, 6.45) is 1.61. The molecule has 0 aliphatic carbocycles. The van der Waals surface area contributed by atoms with Crippen molar-refractivity contribution in [2.75, 3.05) is 14.1 Å². The molecule has 0 saturated carbocycles. The zero-order valence-electron chi connectivity index (χ0n) is 6.30. The molecule has 0 aromatic heterocycles. The number of hydrogen-bond donors (Lipinski definition) is 1. The lowest BCUT2D eigenvalue weighted by atomic mass is 10.6. The van der Waals surface area contributed by atoms with Crippen molar-refractivity contribution in [2.45, 2.75) is 0 Å². The van der Waals surface area contributed by atoms with E-state index in [0.29, 0.717) is 6.29 Å². The first-order chi connectivity index (χ1) is 5.13. The van der Waals surface area contributed by atoms with Crippen LogP contribution in [0.4, 0.5) is 4.79 Å². The summed E-state index contributed by atoms with van der Waals surface area (Å²) in [4.78, 5) is 21.8. The minimum atomic E-state index is -0.367. The SMILES string of the molecule is CNC(=O)N(C)/C(Cl)=C\C=O. The molecule has 2 amide bonds. The van der Waals surface area contributed by atoms with Gasteiger partial charge < -0.3 is 5.32 Å². The van der Waals surface area contributed by atoms with Crippen molar-refractivity contribution in [1.29, 1.82) is 0 Å². The van der Waals surface area contributed by atoms with E-state index in [2.05, 4.69) is 5.32 Å². The molecule has 1 N–H and O–H groups in total. The number of amides is 2. The third-order valence-corrected chi connectivity index (χ3v) is 1.42. The Hall–Kier alpha value is -1.03. The second-order valence-corrected chi connectivity index (χ2v) is 2.13. The van der Waals surface area contributed by atoms with Gasteiger partial charge in [-0.05, 0) is 0 Å². The lowest BCUT2D eigenvalue weighted by Crippen LogP contribution is -2.32. The second-order valence-electron chi connectivity index (χ2n) is 1.74. The third-order valence-electron chi connectivity index (χ3n) is 1.04. The van der Waals surface area contributed by atoms with E-state index >= 15 is 0 Å². The van der Waals surface area contributed by atoms with Crippen LogP contribution in [0, 0.1) is 0 Å². The van der Waals surface area contributed by atoms with Crippen LogP contribution in [-0.2, 0) is 4.79 Å². The molecule has 0 aromatic carbocycles. The summed E-state index contributed by atoms with van der Waals surface area (Å²) < 4.78 is 0. The van der Waals surface area contributed by atoms with Crippen LogP contribution in [0.3, 0.4) is 0 Å². The van der Waals surface area contributed by atoms with Crippen LogP contribution >= 0.6 is 11.6 Å². The van der Waals surface area contributed by atoms with Gasteiger partial charge in [-0.15, -0.1) is 0 Å². The summed E-state index contributed by atoms with van der Waals surface area (Å²) in [6.45, 7) is 0. The van der Waals surface area contributed by atoms with E-state index in [-0.39, 0.29) is 11.2 Å². The average Bonchev–Trinajstić information content (AvgIpc) is 2.02. The maximum atomic E-state index is 10.8. The number of urea groups is 1. The Labute approximate surface area is 69.8 Å². The molecule has 0 aliphatic rings. The van der Waals surface area contributed by atoms with Gasteiger partial charge in [0.15, 0.2) is 0 Å². The van der Waals surface area contributed by atoms with E-state index in [1.807, 2.05) is 0 Å². The maximum absolute atomic E-state index is 10.8. The molecule has 0 saturated heterocycles. The molecule has 0 fully saturated rings. The Balaban J connectivity index is 4.23. The fourth-order valence-electron chi connectivity index (χ4n) is 0.433. The predicted molar refractivity (Wildman–Crippen MR) is 42.2 cm³/mol. The molecule has 0 spiro atoms. The smallest absolute Gasteiger partial charge is 0.322 e. The topological polar surface area (TPSA) is 49.4 Å². The Morgan fingerprint density at radius 2 is 2.18 bits per heavy atom. The van der Waals surface area contributed by atoms with E-state index in [1.165, 1.54) is 14.1 Å². The van der Waals surface area contributed by atoms with Gasteiger partial charge in [-0.3, -0.25) is 9.69 Å². The Kier molecular flexibility index (Phi) is 4.29. The number of halogens is 1. The largest absolute Gasteiger partial charge is 0.341 e. The lowest BCUT2D eigenvalue weighted by molar-refractivity contribution is -0.104. The molecule has 62 valence electrons. The first-order valence-electron chi connectivity index (χ1n) is 2.90. The van der Waals surface area contributed by atoms with Crippen molar-refractivity contribution in [3.05, 3.63) is 11.2 Å². The van der Waals surface area contributed by atoms with Crippen LogP contribution in [0.5, 0.6) is 0 Å². The number of carbonyl (C=O) groups excluding carboxylic acids is 2. The highest BCUT2D eigenvalue weighted by Crippen LogP contribution is 2.04. The minimum absolute atomic E-state index is 0.0827. The lowest BCUT2D eigenvalue weighted by Gasteiger charge is -2.13. The maximum Gasteiger partial charge on any atom is 0.322 e. The zero-order valence-corrected chi connectivity index (χ0v) is 7.05. The van der Waals surface area contributed by atoms with Crippen LogP contribution < -0.4 is 5.32 Å². The molecule has 0 heterocycles. The summed E-state index contributed by atoms with van der Waals surface area (Å²) in [5, 5.41) is 2.43. The van der Waals surface area contributed by atoms with Crippen LogP contribution in [-0.4, -0.2) is 31.3 Å². The molecule has 0 bridgehead atoms. The molecule has 0 aromatic rings. The van der Waals surface area contributed by atoms with E-state index < -0.39 is 0 Å². The molecular weight excluding hydrogens is 168 g/mol. The number of rotatable bonds is 2. The summed E-state index contributed by atoms with van der Waals surface area (Å²) in [5.74, 6) is 0. The standard InChI is InChI=1S/C6H9ClN2O2/c1-8-6(11)9(2)5(7)3-4-10/h3-4H,1-2H3,(H,8,11)/b5-3-. The van der Waals surface area contributed by atoms with Gasteiger partial charge in [0.2, 0.25) is 0 Å². The molecule has 0 unspecified atom stereocenters. The van der Waals surface area contributed by atoms with E-state index in [1.54, 1.807) is 0 Å². The van der Waals surface area contributed by atoms with Gasteiger partial charge in [0.1, 0.15) is 11.4 Å². The second kappa shape index (κ2) is 4.73. The number of carbonyl (C=O) groups is 2. The fourth-order valence-corrected chi connectivity index (χ4v) is 0.561. The van der Waals surface area contributed by atoms with Gasteiger partial charge >= 0.3 is 6.03 Å². The molecule has 5 heteroatoms. The van der Waals surface area contributed by atoms with Gasteiger partial charge in [0, 0.05) is 20.2 Å². The van der Waals surface area contributed by atoms with Crippen molar-refractivity contribution in [1.82, 2.24) is 10.2 Å². The number of nitrogens with zero attached hydrogens (tertiary/aromatic N) is 1. The fraction of sp³-hybridized carbons (Fsp3) is 0.333. The Morgan fingerprint density at radius 1 is 1.64 bits per heavy atom. The normalized spacial score (nSPS) is 10.6. The minimum Gasteiger partial charge on any atom is -0.341 e. The summed E-state index contributed by atoms with van der Waals surface area (Å²) in [7, 11) is 2.94. The van der Waals surface area contributed by atoms with Gasteiger partial charge in [-0.1, -0.05) is 11.6 Å². The molecule has 0 atom stereocenters. The number of nitrogens with one attached hydrogen (secondary N) is 1. The first-order valence-corrected chi connectivity index (χ1v) is 3.27. The van der Waals surface area contributed by atoms with Crippen molar-refractivity contribution >= 4 is 23.9 Å². The van der Waals surface area contributed by atoms with E-state index in [9.17, 15) is 9.59 Å². The highest BCUT2D eigenvalue weighted by molar-refractivity contribution is 6.31. The number of allylic oxidation sites excluding steroid dienone is 1. The highest BCUT2D eigenvalue weighted by Gasteiger charge is 2.07. The van der Waals surface area contributed by atoms with Crippen molar-refractivity contribution in [3.8, 4) is 0 Å². The zero-order chi connectivity index (χ0) is 8.85. The van der Waals surface area contributed by atoms with Crippen molar-refractivity contribution in [2.24, 2.45) is 0 Å². The first kappa shape index (κ1) is 9.97. The predicted octanol–water partition coefficient (Wildman–Crippen LogP) is 0.537. The van der Waals surface area contributed by atoms with Crippen LogP contribution in [0.2, 0.25) is 0 Å². The molecule has 4 nitrogen and oxygen atoms in total. The molecule has 0 radical (unpaired) electrons. The van der Waals surface area contributed by atoms with Gasteiger partial charge in [-0.25, -0.2) is 4.79 Å². The van der Waals surface area contributed by atoms with E-state index in [4.69, 9.17) is 11.6 Å². The Bertz CT molecular complexity index is 191. The highest BCUT2D eigenvalue weighted by atomic mass is 35.5. The van der Waals surface area contributed by atoms with Gasteiger partial charge in [0.25, 0.3) is 0 Å². The number of aldehydes is 1. The molecule has 11 heavy (non-hydrogen) atoms. The average molecular weight is 177 g/mol. The van der Waals surface area contributed by atoms with Crippen LogP contribution in [0.1, 0.15) is 0 Å². The van der Waals surface area contributed by atoms with E-state index in [0.717, 1.165) is 11.0 Å².